The number of ether oxygens (including phenoxy) is 3. The van der Waals surface area contributed by atoms with Crippen LogP contribution in [0.5, 0.6) is 17.2 Å². The minimum Gasteiger partial charge on any atom is -0.502 e. The Labute approximate surface area is 199 Å². The van der Waals surface area contributed by atoms with Gasteiger partial charge in [0.2, 0.25) is 12.0 Å². The van der Waals surface area contributed by atoms with Crippen molar-refractivity contribution in [3.05, 3.63) is 35.6 Å². The molecular weight excluding hydrogens is 487 g/mol. The van der Waals surface area contributed by atoms with Crippen LogP contribution in [0.4, 0.5) is 5.69 Å². The van der Waals surface area contributed by atoms with Crippen molar-refractivity contribution in [2.75, 3.05) is 13.7 Å². The summed E-state index contributed by atoms with van der Waals surface area (Å²) < 4.78 is 31.4. The summed E-state index contributed by atoms with van der Waals surface area (Å²) in [6, 6.07) is 0.890. The molecular formula is C21H25N2O11P. The molecule has 14 heteroatoms. The SMILES string of the molecule is C/C=C/C1=CN2C(=O)c3cc(OC4O[C@H](COP(=O)(O)O)[C@@H](O)[C@H]4O)c(O)c(OC)c3N=C[C@@H]2C1. The van der Waals surface area contributed by atoms with E-state index in [4.69, 9.17) is 24.0 Å². The summed E-state index contributed by atoms with van der Waals surface area (Å²) in [5, 5.41) is 31.2. The van der Waals surface area contributed by atoms with Gasteiger partial charge in [0.1, 0.15) is 24.0 Å². The lowest BCUT2D eigenvalue weighted by molar-refractivity contribution is -0.116. The molecule has 3 aliphatic rings. The Morgan fingerprint density at radius 3 is 2.71 bits per heavy atom. The lowest BCUT2D eigenvalue weighted by atomic mass is 10.1. The van der Waals surface area contributed by atoms with E-state index in [0.29, 0.717) is 6.42 Å². The summed E-state index contributed by atoms with van der Waals surface area (Å²) in [6.07, 6.45) is 1.44. The molecule has 0 saturated carbocycles. The molecule has 1 aromatic carbocycles. The van der Waals surface area contributed by atoms with Crippen molar-refractivity contribution in [3.63, 3.8) is 0 Å². The lowest BCUT2D eigenvalue weighted by Gasteiger charge is -2.21. The second-order valence-electron chi connectivity index (χ2n) is 8.05. The molecule has 3 aliphatic heterocycles. The van der Waals surface area contributed by atoms with Crippen LogP contribution in [0.2, 0.25) is 0 Å². The van der Waals surface area contributed by atoms with Gasteiger partial charge >= 0.3 is 7.82 Å². The molecule has 3 heterocycles. The predicted octanol–water partition coefficient (Wildman–Crippen LogP) is 0.726. The maximum Gasteiger partial charge on any atom is 0.469 e. The fraction of sp³-hybridized carbons (Fsp3) is 0.429. The molecule has 190 valence electrons. The van der Waals surface area contributed by atoms with Crippen LogP contribution >= 0.6 is 7.82 Å². The summed E-state index contributed by atoms with van der Waals surface area (Å²) in [5.41, 5.74) is 1.09. The molecule has 13 nitrogen and oxygen atoms in total. The van der Waals surface area contributed by atoms with Crippen molar-refractivity contribution in [2.45, 2.75) is 44.0 Å². The molecule has 5 atom stereocenters. The zero-order valence-corrected chi connectivity index (χ0v) is 19.6. The number of hydrogen-bond donors (Lipinski definition) is 5. The summed E-state index contributed by atoms with van der Waals surface area (Å²) in [4.78, 5) is 36.9. The Bertz CT molecular complexity index is 1140. The van der Waals surface area contributed by atoms with Crippen molar-refractivity contribution < 1.29 is 53.2 Å². The maximum absolute atomic E-state index is 13.4. The van der Waals surface area contributed by atoms with Crippen LogP contribution in [-0.4, -0.2) is 86.5 Å². The molecule has 0 bridgehead atoms. The third kappa shape index (κ3) is 4.98. The van der Waals surface area contributed by atoms with Crippen LogP contribution in [0, 0.1) is 0 Å². The van der Waals surface area contributed by atoms with Crippen LogP contribution < -0.4 is 9.47 Å². The van der Waals surface area contributed by atoms with E-state index in [1.807, 2.05) is 19.1 Å². The number of methoxy groups -OCH3 is 1. The largest absolute Gasteiger partial charge is 0.502 e. The van der Waals surface area contributed by atoms with Crippen molar-refractivity contribution in [2.24, 2.45) is 4.99 Å². The highest BCUT2D eigenvalue weighted by atomic mass is 31.2. The topological polar surface area (TPSA) is 188 Å². The first-order chi connectivity index (χ1) is 16.5. The molecule has 1 amide bonds. The normalized spacial score (nSPS) is 28.2. The van der Waals surface area contributed by atoms with Crippen molar-refractivity contribution in [1.82, 2.24) is 4.90 Å². The molecule has 1 aromatic rings. The van der Waals surface area contributed by atoms with Gasteiger partial charge in [0.25, 0.3) is 5.91 Å². The minimum atomic E-state index is -4.85. The van der Waals surface area contributed by atoms with E-state index >= 15 is 0 Å². The Hall–Kier alpha value is -2.77. The smallest absolute Gasteiger partial charge is 0.469 e. The predicted molar refractivity (Wildman–Crippen MR) is 120 cm³/mol. The molecule has 1 saturated heterocycles. The zero-order valence-electron chi connectivity index (χ0n) is 18.7. The number of benzene rings is 1. The van der Waals surface area contributed by atoms with Crippen molar-refractivity contribution >= 4 is 25.6 Å². The van der Waals surface area contributed by atoms with Gasteiger partial charge in [-0.1, -0.05) is 12.2 Å². The monoisotopic (exact) mass is 512 g/mol. The standard InChI is InChI=1S/C21H25N2O11P/c1-3-4-10-5-11-7-22-15-12(20(27)23(11)8-10)6-13(17(25)19(15)31-2)33-21-18(26)16(24)14(34-21)9-32-35(28,29)30/h3-4,6-8,11,14,16,18,21,24-26H,5,9H2,1-2H3,(H2,28,29,30)/b4-3+/t11-,14+,16+,18+,21?/m0/s1. The van der Waals surface area contributed by atoms with Gasteiger partial charge in [-0.05, 0) is 25.0 Å². The number of carbonyl (C=O) groups excluding carboxylic acids is 1. The highest BCUT2D eigenvalue weighted by Crippen LogP contribution is 2.48. The number of rotatable bonds is 7. The molecule has 1 unspecified atom stereocenters. The molecule has 35 heavy (non-hydrogen) atoms. The molecule has 0 radical (unpaired) electrons. The fourth-order valence-electron chi connectivity index (χ4n) is 4.06. The van der Waals surface area contributed by atoms with E-state index in [1.54, 1.807) is 12.4 Å². The first-order valence-electron chi connectivity index (χ1n) is 10.6. The van der Waals surface area contributed by atoms with E-state index in [0.717, 1.165) is 5.57 Å². The number of aromatic hydroxyl groups is 1. The molecule has 0 spiro atoms. The van der Waals surface area contributed by atoms with Crippen LogP contribution in [-0.2, 0) is 13.8 Å². The number of phenolic OH excluding ortho intramolecular Hbond substituents is 1. The first-order valence-corrected chi connectivity index (χ1v) is 12.1. The average molecular weight is 512 g/mol. The summed E-state index contributed by atoms with van der Waals surface area (Å²) in [7, 11) is -3.57. The van der Waals surface area contributed by atoms with E-state index in [2.05, 4.69) is 9.52 Å². The van der Waals surface area contributed by atoms with Crippen molar-refractivity contribution in [3.8, 4) is 17.2 Å². The number of amides is 1. The third-order valence-corrected chi connectivity index (χ3v) is 6.18. The Kier molecular flexibility index (Phi) is 7.02. The van der Waals surface area contributed by atoms with Crippen LogP contribution in [0.15, 0.2) is 35.0 Å². The lowest BCUT2D eigenvalue weighted by Crippen LogP contribution is -2.36. The number of hydrogen-bond acceptors (Lipinski definition) is 10. The second kappa shape index (κ2) is 9.70. The number of phosphoric ester groups is 1. The summed E-state index contributed by atoms with van der Waals surface area (Å²) in [5.74, 6) is -1.39. The number of phenols is 1. The van der Waals surface area contributed by atoms with Gasteiger partial charge in [0.15, 0.2) is 11.5 Å². The summed E-state index contributed by atoms with van der Waals surface area (Å²) in [6.45, 7) is 1.14. The van der Waals surface area contributed by atoms with E-state index in [-0.39, 0.29) is 28.8 Å². The third-order valence-electron chi connectivity index (χ3n) is 5.70. The minimum absolute atomic E-state index is 0.0563. The second-order valence-corrected chi connectivity index (χ2v) is 9.29. The Morgan fingerprint density at radius 2 is 2.06 bits per heavy atom. The maximum atomic E-state index is 13.4. The zero-order chi connectivity index (χ0) is 25.5. The number of fused-ring (bicyclic) bond motifs is 2. The Balaban J connectivity index is 1.63. The van der Waals surface area contributed by atoms with Gasteiger partial charge in [-0.15, -0.1) is 0 Å². The number of aliphatic imine (C=N–C) groups is 1. The van der Waals surface area contributed by atoms with Gasteiger partial charge in [-0.2, -0.15) is 0 Å². The number of aliphatic hydroxyl groups is 2. The number of carbonyl (C=O) groups is 1. The van der Waals surface area contributed by atoms with Crippen molar-refractivity contribution in [1.29, 1.82) is 0 Å². The van der Waals surface area contributed by atoms with Crippen LogP contribution in [0.3, 0.4) is 0 Å². The van der Waals surface area contributed by atoms with Gasteiger partial charge in [0, 0.05) is 12.4 Å². The number of nitrogens with zero attached hydrogens (tertiary/aromatic N) is 2. The molecule has 0 aromatic heterocycles. The Morgan fingerprint density at radius 1 is 1.31 bits per heavy atom. The fourth-order valence-corrected chi connectivity index (χ4v) is 4.40. The average Bonchev–Trinajstić information content (AvgIpc) is 3.28. The van der Waals surface area contributed by atoms with Gasteiger partial charge in [0.05, 0.1) is 25.3 Å². The van der Waals surface area contributed by atoms with Gasteiger partial charge in [-0.25, -0.2) is 4.57 Å². The van der Waals surface area contributed by atoms with E-state index < -0.39 is 50.7 Å². The van der Waals surface area contributed by atoms with Crippen LogP contribution in [0.1, 0.15) is 23.7 Å². The summed E-state index contributed by atoms with van der Waals surface area (Å²) >= 11 is 0. The van der Waals surface area contributed by atoms with E-state index in [1.165, 1.54) is 18.1 Å². The molecule has 4 rings (SSSR count). The van der Waals surface area contributed by atoms with Gasteiger partial charge < -0.3 is 44.2 Å². The van der Waals surface area contributed by atoms with E-state index in [9.17, 15) is 24.7 Å². The number of allylic oxidation sites excluding steroid dienone is 2. The van der Waals surface area contributed by atoms with Gasteiger partial charge in [-0.3, -0.25) is 14.3 Å². The highest BCUT2D eigenvalue weighted by molar-refractivity contribution is 7.46. The first kappa shape index (κ1) is 25.3. The molecule has 1 fully saturated rings. The van der Waals surface area contributed by atoms with Crippen LogP contribution in [0.25, 0.3) is 0 Å². The molecule has 5 N–H and O–H groups in total. The number of phosphoric acid groups is 1. The molecule has 0 aliphatic carbocycles. The quantitative estimate of drug-likeness (QED) is 0.324. The number of aliphatic hydroxyl groups excluding tert-OH is 2. The highest BCUT2D eigenvalue weighted by Gasteiger charge is 2.46.